The monoisotopic (exact) mass is 333 g/mol. The average Bonchev–Trinajstić information content (AvgIpc) is 2.52. The number of esters is 1. The normalized spacial score (nSPS) is 9.86. The molecule has 6 heteroatoms. The number of ketones is 1. The fourth-order valence-corrected chi connectivity index (χ4v) is 2.20. The van der Waals surface area contributed by atoms with Crippen molar-refractivity contribution in [1.82, 2.24) is 0 Å². The maximum Gasteiger partial charge on any atom is 0.338 e. The van der Waals surface area contributed by atoms with Crippen LogP contribution in [0.4, 0.5) is 0 Å². The highest BCUT2D eigenvalue weighted by Crippen LogP contribution is 2.21. The van der Waals surface area contributed by atoms with Gasteiger partial charge in [-0.05, 0) is 42.5 Å². The van der Waals surface area contributed by atoms with Crippen LogP contribution in [0.1, 0.15) is 26.3 Å². The van der Waals surface area contributed by atoms with Gasteiger partial charge in [0.25, 0.3) is 0 Å². The van der Waals surface area contributed by atoms with E-state index in [-0.39, 0.29) is 16.1 Å². The Morgan fingerprint density at radius 1 is 1.09 bits per heavy atom. The Labute approximate surface area is 136 Å². The van der Waals surface area contributed by atoms with Crippen LogP contribution in [-0.4, -0.2) is 18.4 Å². The zero-order valence-corrected chi connectivity index (χ0v) is 12.7. The second-order valence-corrected chi connectivity index (χ2v) is 5.16. The zero-order valence-electron chi connectivity index (χ0n) is 11.2. The standard InChI is InChI=1S/C16H9Cl2NO3/c17-12-5-6-13(14(18)7-12)15(20)9-22-16(21)11-3-1-10(8-19)2-4-11/h1-7H,9H2. The first-order valence-electron chi connectivity index (χ1n) is 6.17. The molecule has 2 aromatic carbocycles. The van der Waals surface area contributed by atoms with Crippen LogP contribution in [-0.2, 0) is 4.74 Å². The number of Topliss-reactive ketones (excluding diaryl/α,β-unsaturated/α-hetero) is 1. The van der Waals surface area contributed by atoms with E-state index in [0.717, 1.165) is 0 Å². The van der Waals surface area contributed by atoms with Gasteiger partial charge in [-0.2, -0.15) is 5.26 Å². The molecule has 0 bridgehead atoms. The van der Waals surface area contributed by atoms with E-state index in [4.69, 9.17) is 33.2 Å². The van der Waals surface area contributed by atoms with Crippen molar-refractivity contribution in [1.29, 1.82) is 5.26 Å². The second-order valence-electron chi connectivity index (χ2n) is 4.31. The van der Waals surface area contributed by atoms with E-state index < -0.39 is 18.4 Å². The summed E-state index contributed by atoms with van der Waals surface area (Å²) in [6.07, 6.45) is 0. The molecular formula is C16H9Cl2NO3. The second kappa shape index (κ2) is 7.08. The van der Waals surface area contributed by atoms with Crippen LogP contribution < -0.4 is 0 Å². The third-order valence-corrected chi connectivity index (χ3v) is 3.36. The van der Waals surface area contributed by atoms with Crippen LogP contribution in [0.2, 0.25) is 10.0 Å². The Bertz CT molecular complexity index is 764. The molecule has 0 aromatic heterocycles. The molecule has 0 heterocycles. The van der Waals surface area contributed by atoms with Gasteiger partial charge in [-0.25, -0.2) is 4.79 Å². The molecule has 0 aliphatic carbocycles. The number of carbonyl (C=O) groups excluding carboxylic acids is 2. The molecular weight excluding hydrogens is 325 g/mol. The molecule has 22 heavy (non-hydrogen) atoms. The molecule has 4 nitrogen and oxygen atoms in total. The molecule has 0 unspecified atom stereocenters. The van der Waals surface area contributed by atoms with E-state index in [1.165, 1.54) is 42.5 Å². The first kappa shape index (κ1) is 16.0. The van der Waals surface area contributed by atoms with Crippen molar-refractivity contribution in [3.63, 3.8) is 0 Å². The summed E-state index contributed by atoms with van der Waals surface area (Å²) in [4.78, 5) is 23.8. The summed E-state index contributed by atoms with van der Waals surface area (Å²) in [5, 5.41) is 9.30. The van der Waals surface area contributed by atoms with E-state index in [9.17, 15) is 9.59 Å². The smallest absolute Gasteiger partial charge is 0.338 e. The van der Waals surface area contributed by atoms with Crippen LogP contribution in [0.3, 0.4) is 0 Å². The minimum absolute atomic E-state index is 0.201. The van der Waals surface area contributed by atoms with Gasteiger partial charge in [-0.15, -0.1) is 0 Å². The van der Waals surface area contributed by atoms with Crippen LogP contribution in [0.5, 0.6) is 0 Å². The van der Waals surface area contributed by atoms with E-state index in [1.807, 2.05) is 6.07 Å². The summed E-state index contributed by atoms with van der Waals surface area (Å²) in [5.74, 6) is -1.08. The number of ether oxygens (including phenoxy) is 1. The van der Waals surface area contributed by atoms with Gasteiger partial charge in [0, 0.05) is 10.6 Å². The molecule has 2 aromatic rings. The summed E-state index contributed by atoms with van der Waals surface area (Å²) in [7, 11) is 0. The van der Waals surface area contributed by atoms with Crippen LogP contribution in [0.25, 0.3) is 0 Å². The van der Waals surface area contributed by atoms with E-state index in [1.54, 1.807) is 0 Å². The van der Waals surface area contributed by atoms with Crippen molar-refractivity contribution in [3.05, 3.63) is 69.2 Å². The molecule has 0 saturated heterocycles. The van der Waals surface area contributed by atoms with Crippen molar-refractivity contribution in [3.8, 4) is 6.07 Å². The summed E-state index contributed by atoms with van der Waals surface area (Å²) in [5.41, 5.74) is 0.924. The maximum absolute atomic E-state index is 12.0. The first-order valence-corrected chi connectivity index (χ1v) is 6.92. The molecule has 0 amide bonds. The number of nitriles is 1. The minimum atomic E-state index is -0.650. The Balaban J connectivity index is 2.01. The van der Waals surface area contributed by atoms with Crippen LogP contribution in [0, 0.1) is 11.3 Å². The largest absolute Gasteiger partial charge is 0.454 e. The van der Waals surface area contributed by atoms with Gasteiger partial charge < -0.3 is 4.74 Å². The molecule has 0 fully saturated rings. The number of halogens is 2. The van der Waals surface area contributed by atoms with Gasteiger partial charge in [0.15, 0.2) is 6.61 Å². The number of hydrogen-bond acceptors (Lipinski definition) is 4. The van der Waals surface area contributed by atoms with Gasteiger partial charge in [0.05, 0.1) is 22.2 Å². The molecule has 2 rings (SSSR count). The van der Waals surface area contributed by atoms with Gasteiger partial charge >= 0.3 is 5.97 Å². The van der Waals surface area contributed by atoms with Crippen molar-refractivity contribution < 1.29 is 14.3 Å². The highest BCUT2D eigenvalue weighted by atomic mass is 35.5. The molecule has 0 spiro atoms. The first-order chi connectivity index (χ1) is 10.5. The van der Waals surface area contributed by atoms with Crippen molar-refractivity contribution in [2.24, 2.45) is 0 Å². The molecule has 0 saturated carbocycles. The average molecular weight is 334 g/mol. The fraction of sp³-hybridized carbons (Fsp3) is 0.0625. The van der Waals surface area contributed by atoms with E-state index >= 15 is 0 Å². The molecule has 0 N–H and O–H groups in total. The Morgan fingerprint density at radius 3 is 2.36 bits per heavy atom. The highest BCUT2D eigenvalue weighted by Gasteiger charge is 2.14. The Morgan fingerprint density at radius 2 is 1.77 bits per heavy atom. The van der Waals surface area contributed by atoms with E-state index in [2.05, 4.69) is 0 Å². The van der Waals surface area contributed by atoms with Gasteiger partial charge in [-0.3, -0.25) is 4.79 Å². The molecule has 110 valence electrons. The number of rotatable bonds is 4. The molecule has 0 aliphatic heterocycles. The SMILES string of the molecule is N#Cc1ccc(C(=O)OCC(=O)c2ccc(Cl)cc2Cl)cc1. The molecule has 0 atom stereocenters. The lowest BCUT2D eigenvalue weighted by Gasteiger charge is -2.06. The minimum Gasteiger partial charge on any atom is -0.454 e. The summed E-state index contributed by atoms with van der Waals surface area (Å²) in [6.45, 7) is -0.430. The summed E-state index contributed by atoms with van der Waals surface area (Å²) in [6, 6.07) is 12.3. The van der Waals surface area contributed by atoms with Gasteiger partial charge in [0.2, 0.25) is 5.78 Å². The third-order valence-electron chi connectivity index (χ3n) is 2.82. The molecule has 0 aliphatic rings. The predicted molar refractivity (Wildman–Crippen MR) is 82.2 cm³/mol. The zero-order chi connectivity index (χ0) is 16.1. The number of hydrogen-bond donors (Lipinski definition) is 0. The number of carbonyl (C=O) groups is 2. The van der Waals surface area contributed by atoms with Crippen LogP contribution >= 0.6 is 23.2 Å². The highest BCUT2D eigenvalue weighted by molar-refractivity contribution is 6.36. The van der Waals surface area contributed by atoms with Crippen molar-refractivity contribution in [2.45, 2.75) is 0 Å². The number of benzene rings is 2. The fourth-order valence-electron chi connectivity index (χ4n) is 1.69. The van der Waals surface area contributed by atoms with Crippen molar-refractivity contribution in [2.75, 3.05) is 6.61 Å². The summed E-state index contributed by atoms with van der Waals surface area (Å²) < 4.78 is 4.94. The Kier molecular flexibility index (Phi) is 5.16. The lowest BCUT2D eigenvalue weighted by molar-refractivity contribution is 0.0475. The molecule has 0 radical (unpaired) electrons. The number of nitrogens with zero attached hydrogens (tertiary/aromatic N) is 1. The topological polar surface area (TPSA) is 67.2 Å². The maximum atomic E-state index is 12.0. The lowest BCUT2D eigenvalue weighted by atomic mass is 10.1. The quantitative estimate of drug-likeness (QED) is 0.628. The third kappa shape index (κ3) is 3.85. The lowest BCUT2D eigenvalue weighted by Crippen LogP contribution is -2.14. The predicted octanol–water partition coefficient (Wildman–Crippen LogP) is 3.90. The summed E-state index contributed by atoms with van der Waals surface area (Å²) >= 11 is 11.7. The van der Waals surface area contributed by atoms with Crippen molar-refractivity contribution >= 4 is 35.0 Å². The van der Waals surface area contributed by atoms with Gasteiger partial charge in [0.1, 0.15) is 0 Å². The van der Waals surface area contributed by atoms with E-state index in [0.29, 0.717) is 10.6 Å². The Hall–Kier alpha value is -2.35. The van der Waals surface area contributed by atoms with Gasteiger partial charge in [-0.1, -0.05) is 23.2 Å². The van der Waals surface area contributed by atoms with Crippen LogP contribution in [0.15, 0.2) is 42.5 Å².